The molecule has 1 heterocycles. The fraction of sp³-hybridized carbons (Fsp3) is 0.231. The number of carboxylic acid groups (broad SMARTS) is 1. The van der Waals surface area contributed by atoms with E-state index in [0.717, 1.165) is 22.2 Å². The fourth-order valence-electron chi connectivity index (χ4n) is 1.60. The lowest BCUT2D eigenvalue weighted by Gasteiger charge is -2.09. The Morgan fingerprint density at radius 3 is 3.06 bits per heavy atom. The number of carboxylic acids is 1. The van der Waals surface area contributed by atoms with Crippen LogP contribution in [0.4, 0.5) is 0 Å². The zero-order valence-corrected chi connectivity index (χ0v) is 10.7. The predicted octanol–water partition coefficient (Wildman–Crippen LogP) is -0.172. The molecular weight excluding hydrogens is 248 g/mol. The molecule has 2 rings (SSSR count). The molecule has 0 saturated heterocycles. The van der Waals surface area contributed by atoms with Gasteiger partial charge in [-0.15, -0.1) is 0 Å². The van der Waals surface area contributed by atoms with Gasteiger partial charge in [0.05, 0.1) is 17.2 Å². The van der Waals surface area contributed by atoms with Crippen LogP contribution in [0.5, 0.6) is 0 Å². The quantitative estimate of drug-likeness (QED) is 0.811. The van der Waals surface area contributed by atoms with Crippen molar-refractivity contribution in [3.8, 4) is 0 Å². The first-order valence-electron chi connectivity index (χ1n) is 5.62. The molecule has 94 valence electrons. The molecule has 0 aliphatic heterocycles. The van der Waals surface area contributed by atoms with Crippen molar-refractivity contribution in [2.45, 2.75) is 11.8 Å². The Balaban J connectivity index is 1.98. The van der Waals surface area contributed by atoms with Gasteiger partial charge in [0.1, 0.15) is 6.04 Å². The smallest absolute Gasteiger partial charge is 0.134 e. The van der Waals surface area contributed by atoms with Gasteiger partial charge in [-0.05, 0) is 23.8 Å². The molecule has 0 spiro atoms. The molecule has 0 unspecified atom stereocenters. The van der Waals surface area contributed by atoms with Crippen LogP contribution >= 0.6 is 11.8 Å². The molecule has 18 heavy (non-hydrogen) atoms. The van der Waals surface area contributed by atoms with Crippen LogP contribution in [0.25, 0.3) is 10.9 Å². The van der Waals surface area contributed by atoms with E-state index in [4.69, 9.17) is 0 Å². The number of benzene rings is 1. The molecule has 0 bridgehead atoms. The summed E-state index contributed by atoms with van der Waals surface area (Å²) in [4.78, 5) is 14.8. The fourth-order valence-corrected chi connectivity index (χ4v) is 2.56. The number of aromatic nitrogens is 1. The number of pyridine rings is 1. The highest BCUT2D eigenvalue weighted by molar-refractivity contribution is 7.98. The molecule has 4 nitrogen and oxygen atoms in total. The summed E-state index contributed by atoms with van der Waals surface area (Å²) in [5.41, 5.74) is 5.65. The predicted molar refractivity (Wildman–Crippen MR) is 69.6 cm³/mol. The maximum absolute atomic E-state index is 10.5. The summed E-state index contributed by atoms with van der Waals surface area (Å²) in [6, 6.07) is 9.33. The molecule has 5 heteroatoms. The van der Waals surface area contributed by atoms with E-state index in [1.165, 1.54) is 0 Å². The van der Waals surface area contributed by atoms with Crippen molar-refractivity contribution < 1.29 is 15.6 Å². The Kier molecular flexibility index (Phi) is 4.17. The van der Waals surface area contributed by atoms with Gasteiger partial charge in [-0.1, -0.05) is 12.1 Å². The number of carbonyl (C=O) groups is 1. The van der Waals surface area contributed by atoms with Crippen molar-refractivity contribution in [2.24, 2.45) is 0 Å². The van der Waals surface area contributed by atoms with E-state index in [1.807, 2.05) is 24.3 Å². The second kappa shape index (κ2) is 5.84. The number of nitrogens with zero attached hydrogens (tertiary/aromatic N) is 1. The third kappa shape index (κ3) is 3.21. The van der Waals surface area contributed by atoms with Crippen LogP contribution in [0.15, 0.2) is 36.5 Å². The van der Waals surface area contributed by atoms with E-state index in [9.17, 15) is 9.90 Å². The number of thioether (sulfide) groups is 1. The van der Waals surface area contributed by atoms with Crippen LogP contribution in [0, 0.1) is 0 Å². The van der Waals surface area contributed by atoms with E-state index in [1.54, 1.807) is 18.0 Å². The molecule has 1 aromatic heterocycles. The number of hydrogen-bond acceptors (Lipinski definition) is 4. The minimum Gasteiger partial charge on any atom is -0.544 e. The van der Waals surface area contributed by atoms with Crippen molar-refractivity contribution in [3.63, 3.8) is 0 Å². The van der Waals surface area contributed by atoms with Crippen LogP contribution in [-0.2, 0) is 10.5 Å². The maximum atomic E-state index is 10.5. The van der Waals surface area contributed by atoms with E-state index >= 15 is 0 Å². The molecular formula is C13H14N2O2S. The molecule has 0 fully saturated rings. The lowest BCUT2D eigenvalue weighted by molar-refractivity contribution is -0.431. The Morgan fingerprint density at radius 2 is 2.28 bits per heavy atom. The second-order valence-corrected chi connectivity index (χ2v) is 5.09. The topological polar surface area (TPSA) is 80.7 Å². The van der Waals surface area contributed by atoms with E-state index in [2.05, 4.69) is 16.8 Å². The second-order valence-electron chi connectivity index (χ2n) is 4.06. The normalized spacial score (nSPS) is 12.5. The Hall–Kier alpha value is -1.59. The first kappa shape index (κ1) is 12.9. The number of rotatable bonds is 5. The van der Waals surface area contributed by atoms with Gasteiger partial charge < -0.3 is 15.6 Å². The number of aliphatic carboxylic acids is 1. The lowest BCUT2D eigenvalue weighted by Crippen LogP contribution is -2.69. The highest BCUT2D eigenvalue weighted by Gasteiger charge is 2.07. The summed E-state index contributed by atoms with van der Waals surface area (Å²) < 4.78 is 0. The number of quaternary nitrogens is 1. The molecule has 3 N–H and O–H groups in total. The van der Waals surface area contributed by atoms with Gasteiger partial charge in [0.15, 0.2) is 0 Å². The summed E-state index contributed by atoms with van der Waals surface area (Å²) in [5, 5.41) is 11.6. The Morgan fingerprint density at radius 1 is 1.44 bits per heavy atom. The van der Waals surface area contributed by atoms with Crippen molar-refractivity contribution in [3.05, 3.63) is 42.1 Å². The summed E-state index contributed by atoms with van der Waals surface area (Å²) in [7, 11) is 0. The summed E-state index contributed by atoms with van der Waals surface area (Å²) in [5.74, 6) is 0.141. The van der Waals surface area contributed by atoms with Gasteiger partial charge in [-0.3, -0.25) is 4.98 Å². The maximum Gasteiger partial charge on any atom is 0.134 e. The van der Waals surface area contributed by atoms with Crippen molar-refractivity contribution >= 4 is 28.6 Å². The summed E-state index contributed by atoms with van der Waals surface area (Å²) >= 11 is 1.55. The molecule has 0 aliphatic rings. The van der Waals surface area contributed by atoms with Gasteiger partial charge in [0.25, 0.3) is 0 Å². The van der Waals surface area contributed by atoms with Gasteiger partial charge in [-0.2, -0.15) is 11.8 Å². The van der Waals surface area contributed by atoms with Crippen molar-refractivity contribution in [1.29, 1.82) is 0 Å². The molecule has 0 amide bonds. The van der Waals surface area contributed by atoms with Crippen molar-refractivity contribution in [2.75, 3.05) is 5.75 Å². The van der Waals surface area contributed by atoms with Gasteiger partial charge in [0.2, 0.25) is 0 Å². The van der Waals surface area contributed by atoms with E-state index in [0.29, 0.717) is 5.75 Å². The first-order chi connectivity index (χ1) is 8.66. The third-order valence-electron chi connectivity index (χ3n) is 2.59. The number of carbonyl (C=O) groups excluding carboxylic acids is 1. The third-order valence-corrected chi connectivity index (χ3v) is 3.76. The first-order valence-corrected chi connectivity index (χ1v) is 6.77. The average molecular weight is 262 g/mol. The molecule has 2 aromatic rings. The Labute approximate surface area is 109 Å². The average Bonchev–Trinajstić information content (AvgIpc) is 2.38. The van der Waals surface area contributed by atoms with Crippen LogP contribution in [0.1, 0.15) is 5.56 Å². The van der Waals surface area contributed by atoms with Crippen LogP contribution < -0.4 is 10.8 Å². The minimum atomic E-state index is -1.09. The summed E-state index contributed by atoms with van der Waals surface area (Å²) in [6.07, 6.45) is 1.77. The standard InChI is InChI=1S/C13H14N2O2S/c14-11(13(16)17)8-18-7-9-3-4-12-10(6-9)2-1-5-15-12/h1-6,11H,7-8,14H2,(H,16,17)/t11-/m0/s1. The zero-order valence-electron chi connectivity index (χ0n) is 9.83. The minimum absolute atomic E-state index is 0.466. The Bertz CT molecular complexity index is 559. The van der Waals surface area contributed by atoms with E-state index < -0.39 is 12.0 Å². The monoisotopic (exact) mass is 262 g/mol. The molecule has 1 atom stereocenters. The molecule has 0 radical (unpaired) electrons. The van der Waals surface area contributed by atoms with Crippen LogP contribution in [0.3, 0.4) is 0 Å². The number of hydrogen-bond donors (Lipinski definition) is 1. The van der Waals surface area contributed by atoms with Gasteiger partial charge >= 0.3 is 0 Å². The highest BCUT2D eigenvalue weighted by Crippen LogP contribution is 2.18. The number of fused-ring (bicyclic) bond motifs is 1. The molecule has 0 aliphatic carbocycles. The van der Waals surface area contributed by atoms with Gasteiger partial charge in [0, 0.05) is 17.3 Å². The lowest BCUT2D eigenvalue weighted by atomic mass is 10.1. The van der Waals surface area contributed by atoms with Crippen molar-refractivity contribution in [1.82, 2.24) is 4.98 Å². The van der Waals surface area contributed by atoms with Crippen LogP contribution in [0.2, 0.25) is 0 Å². The van der Waals surface area contributed by atoms with E-state index in [-0.39, 0.29) is 0 Å². The highest BCUT2D eigenvalue weighted by atomic mass is 32.2. The van der Waals surface area contributed by atoms with Gasteiger partial charge in [-0.25, -0.2) is 0 Å². The molecule has 1 aromatic carbocycles. The zero-order chi connectivity index (χ0) is 13.0. The SMILES string of the molecule is [NH3+][C@@H](CSCc1ccc2ncccc2c1)C(=O)[O-]. The largest absolute Gasteiger partial charge is 0.544 e. The molecule has 0 saturated carbocycles. The van der Waals surface area contributed by atoms with Crippen LogP contribution in [-0.4, -0.2) is 22.7 Å². The summed E-state index contributed by atoms with van der Waals surface area (Å²) in [6.45, 7) is 0.